The molecule has 0 aliphatic rings. The van der Waals surface area contributed by atoms with Crippen LogP contribution in [0.2, 0.25) is 0 Å². The summed E-state index contributed by atoms with van der Waals surface area (Å²) in [6.07, 6.45) is 0. The maximum atomic E-state index is 6.57. The highest BCUT2D eigenvalue weighted by Gasteiger charge is 2.17. The molecule has 1 atom stereocenters. The van der Waals surface area contributed by atoms with Gasteiger partial charge in [-0.1, -0.05) is 45.0 Å². The lowest BCUT2D eigenvalue weighted by molar-refractivity contribution is 0.590. The van der Waals surface area contributed by atoms with Crippen LogP contribution in [0.25, 0.3) is 0 Å². The molecule has 2 rings (SSSR count). The number of alkyl halides is 1. The van der Waals surface area contributed by atoms with Gasteiger partial charge in [0.05, 0.1) is 5.38 Å². The third-order valence-electron chi connectivity index (χ3n) is 3.20. The lowest BCUT2D eigenvalue weighted by Gasteiger charge is -2.19. The van der Waals surface area contributed by atoms with Gasteiger partial charge in [-0.05, 0) is 45.5 Å². The van der Waals surface area contributed by atoms with Crippen LogP contribution in [0.3, 0.4) is 0 Å². The lowest BCUT2D eigenvalue weighted by Crippen LogP contribution is -2.10. The average Bonchev–Trinajstić information content (AvgIpc) is 2.68. The fourth-order valence-electron chi connectivity index (χ4n) is 1.92. The van der Waals surface area contributed by atoms with E-state index < -0.39 is 0 Å². The first-order chi connectivity index (χ1) is 8.79. The first kappa shape index (κ1) is 15.1. The van der Waals surface area contributed by atoms with Crippen LogP contribution in [-0.2, 0) is 5.41 Å². The van der Waals surface area contributed by atoms with Crippen LogP contribution in [0.15, 0.2) is 34.8 Å². The Hall–Kier alpha value is -0.310. The monoisotopic (exact) mass is 356 g/mol. The number of thiophene rings is 1. The predicted molar refractivity (Wildman–Crippen MR) is 89.6 cm³/mol. The molecule has 0 amide bonds. The molecule has 0 N–H and O–H groups in total. The maximum Gasteiger partial charge on any atom is 0.0928 e. The van der Waals surface area contributed by atoms with Gasteiger partial charge >= 0.3 is 0 Å². The van der Waals surface area contributed by atoms with Crippen molar-refractivity contribution in [2.24, 2.45) is 0 Å². The van der Waals surface area contributed by atoms with Crippen molar-refractivity contribution in [3.05, 3.63) is 55.7 Å². The van der Waals surface area contributed by atoms with Gasteiger partial charge in [0.2, 0.25) is 0 Å². The zero-order valence-corrected chi connectivity index (χ0v) is 14.8. The molecule has 1 aromatic carbocycles. The Morgan fingerprint density at radius 1 is 1.16 bits per heavy atom. The number of hydrogen-bond acceptors (Lipinski definition) is 1. The summed E-state index contributed by atoms with van der Waals surface area (Å²) >= 11 is 11.9. The minimum absolute atomic E-state index is 0.0657. The molecule has 0 aliphatic carbocycles. The summed E-state index contributed by atoms with van der Waals surface area (Å²) in [4.78, 5) is 2.46. The van der Waals surface area contributed by atoms with Gasteiger partial charge in [0.1, 0.15) is 0 Å². The van der Waals surface area contributed by atoms with E-state index in [1.54, 1.807) is 11.3 Å². The quantitative estimate of drug-likeness (QED) is 0.542. The number of hydrogen-bond donors (Lipinski definition) is 0. The summed E-state index contributed by atoms with van der Waals surface area (Å²) in [7, 11) is 0. The van der Waals surface area contributed by atoms with Crippen LogP contribution in [0, 0.1) is 6.92 Å². The molecule has 0 saturated heterocycles. The number of aryl methyl sites for hydroxylation is 1. The van der Waals surface area contributed by atoms with Crippen molar-refractivity contribution in [3.8, 4) is 0 Å². The van der Waals surface area contributed by atoms with Gasteiger partial charge in [0.15, 0.2) is 0 Å². The van der Waals surface area contributed by atoms with Crippen molar-refractivity contribution >= 4 is 38.9 Å². The predicted octanol–water partition coefficient (Wildman–Crippen LogP) is 6.44. The molecule has 1 heterocycles. The first-order valence-corrected chi connectivity index (χ1v) is 8.34. The largest absolute Gasteiger partial charge is 0.143 e. The van der Waals surface area contributed by atoms with E-state index in [1.807, 2.05) is 0 Å². The molecule has 1 aromatic heterocycles. The molecule has 2 aromatic rings. The van der Waals surface area contributed by atoms with Crippen molar-refractivity contribution in [1.29, 1.82) is 0 Å². The second-order valence-corrected chi connectivity index (χ2v) is 8.37. The van der Waals surface area contributed by atoms with Crippen LogP contribution in [0.5, 0.6) is 0 Å². The molecule has 0 aliphatic heterocycles. The molecular formula is C16H18BrClS. The Balaban J connectivity index is 2.27. The fraction of sp³-hybridized carbons (Fsp3) is 0.375. The van der Waals surface area contributed by atoms with Crippen molar-refractivity contribution in [2.75, 3.05) is 0 Å². The smallest absolute Gasteiger partial charge is 0.0928 e. The van der Waals surface area contributed by atoms with E-state index in [2.05, 4.69) is 74.0 Å². The summed E-state index contributed by atoms with van der Waals surface area (Å²) in [6, 6.07) is 10.8. The van der Waals surface area contributed by atoms with Crippen molar-refractivity contribution < 1.29 is 0 Å². The first-order valence-electron chi connectivity index (χ1n) is 6.29. The minimum atomic E-state index is -0.0657. The maximum absolute atomic E-state index is 6.57. The normalized spacial score (nSPS) is 13.6. The molecule has 0 fully saturated rings. The second-order valence-electron chi connectivity index (χ2n) is 5.79. The molecule has 1 unspecified atom stereocenters. The Morgan fingerprint density at radius 2 is 1.74 bits per heavy atom. The average molecular weight is 358 g/mol. The highest BCUT2D eigenvalue weighted by molar-refractivity contribution is 9.10. The molecule has 0 radical (unpaired) electrons. The van der Waals surface area contributed by atoms with Crippen LogP contribution in [0.4, 0.5) is 0 Å². The molecule has 102 valence electrons. The van der Waals surface area contributed by atoms with Gasteiger partial charge in [0, 0.05) is 14.2 Å². The highest BCUT2D eigenvalue weighted by Crippen LogP contribution is 2.37. The van der Waals surface area contributed by atoms with E-state index in [4.69, 9.17) is 11.6 Å². The zero-order valence-electron chi connectivity index (χ0n) is 11.6. The summed E-state index contributed by atoms with van der Waals surface area (Å²) in [5.41, 5.74) is 2.68. The van der Waals surface area contributed by atoms with Crippen LogP contribution in [0.1, 0.15) is 47.0 Å². The second kappa shape index (κ2) is 5.59. The standard InChI is InChI=1S/C16H18BrClS/c1-10-13(17)9-14(19-10)15(18)11-5-7-12(8-6-11)16(2,3)4/h5-9,15H,1-4H3. The lowest BCUT2D eigenvalue weighted by atomic mass is 9.86. The van der Waals surface area contributed by atoms with Crippen LogP contribution in [-0.4, -0.2) is 0 Å². The Labute approximate surface area is 132 Å². The number of benzene rings is 1. The van der Waals surface area contributed by atoms with E-state index in [9.17, 15) is 0 Å². The molecule has 0 nitrogen and oxygen atoms in total. The van der Waals surface area contributed by atoms with Crippen LogP contribution < -0.4 is 0 Å². The fourth-order valence-corrected chi connectivity index (χ4v) is 3.83. The van der Waals surface area contributed by atoms with E-state index in [1.165, 1.54) is 15.3 Å². The third-order valence-corrected chi connectivity index (χ3v) is 6.01. The van der Waals surface area contributed by atoms with E-state index >= 15 is 0 Å². The van der Waals surface area contributed by atoms with Gasteiger partial charge in [-0.15, -0.1) is 22.9 Å². The topological polar surface area (TPSA) is 0 Å². The van der Waals surface area contributed by atoms with Crippen molar-refractivity contribution in [3.63, 3.8) is 0 Å². The SMILES string of the molecule is Cc1sc(C(Cl)c2ccc(C(C)(C)C)cc2)cc1Br. The molecule has 19 heavy (non-hydrogen) atoms. The Kier molecular flexibility index (Phi) is 4.44. The van der Waals surface area contributed by atoms with E-state index in [-0.39, 0.29) is 10.8 Å². The Bertz CT molecular complexity index is 544. The van der Waals surface area contributed by atoms with Gasteiger partial charge in [-0.25, -0.2) is 0 Å². The van der Waals surface area contributed by atoms with Gasteiger partial charge < -0.3 is 0 Å². The van der Waals surface area contributed by atoms with E-state index in [0.717, 1.165) is 10.0 Å². The van der Waals surface area contributed by atoms with Gasteiger partial charge in [-0.3, -0.25) is 0 Å². The molecule has 3 heteroatoms. The number of halogens is 2. The summed E-state index contributed by atoms with van der Waals surface area (Å²) in [5, 5.41) is -0.0657. The highest BCUT2D eigenvalue weighted by atomic mass is 79.9. The Morgan fingerprint density at radius 3 is 2.16 bits per heavy atom. The minimum Gasteiger partial charge on any atom is -0.143 e. The molecule has 0 spiro atoms. The summed E-state index contributed by atoms with van der Waals surface area (Å²) < 4.78 is 1.14. The number of rotatable bonds is 2. The summed E-state index contributed by atoms with van der Waals surface area (Å²) in [5.74, 6) is 0. The molecule has 0 bridgehead atoms. The van der Waals surface area contributed by atoms with E-state index in [0.29, 0.717) is 0 Å². The summed E-state index contributed by atoms with van der Waals surface area (Å²) in [6.45, 7) is 8.77. The third kappa shape index (κ3) is 3.42. The molecular weight excluding hydrogens is 340 g/mol. The van der Waals surface area contributed by atoms with Gasteiger partial charge in [-0.2, -0.15) is 0 Å². The van der Waals surface area contributed by atoms with Crippen molar-refractivity contribution in [2.45, 2.75) is 38.5 Å². The van der Waals surface area contributed by atoms with Crippen molar-refractivity contribution in [1.82, 2.24) is 0 Å². The molecule has 0 saturated carbocycles. The van der Waals surface area contributed by atoms with Gasteiger partial charge in [0.25, 0.3) is 0 Å². The zero-order chi connectivity index (χ0) is 14.2. The van der Waals surface area contributed by atoms with Crippen LogP contribution >= 0.6 is 38.9 Å².